The summed E-state index contributed by atoms with van der Waals surface area (Å²) in [6.45, 7) is 1.76. The Balaban J connectivity index is 1.34. The molecule has 0 spiro atoms. The molecule has 2 saturated heterocycles. The van der Waals surface area contributed by atoms with E-state index in [2.05, 4.69) is 40.1 Å². The van der Waals surface area contributed by atoms with Crippen molar-refractivity contribution in [3.8, 4) is 0 Å². The van der Waals surface area contributed by atoms with Gasteiger partial charge in [0.15, 0.2) is 0 Å². The summed E-state index contributed by atoms with van der Waals surface area (Å²) in [7, 11) is 0. The van der Waals surface area contributed by atoms with Gasteiger partial charge in [-0.05, 0) is 75.2 Å². The smallest absolute Gasteiger partial charge is 0.321 e. The lowest BCUT2D eigenvalue weighted by molar-refractivity contribution is -0.164. The van der Waals surface area contributed by atoms with Crippen LogP contribution in [0.4, 0.5) is 4.79 Å². The molecule has 3 atom stereocenters. The highest BCUT2D eigenvalue weighted by molar-refractivity contribution is 5.80. The summed E-state index contributed by atoms with van der Waals surface area (Å²) in [4.78, 5) is 18.0. The van der Waals surface area contributed by atoms with E-state index in [0.717, 1.165) is 64.5 Å². The molecule has 4 heteroatoms. The van der Waals surface area contributed by atoms with Crippen LogP contribution < -0.4 is 0 Å². The normalized spacial score (nSPS) is 45.0. The lowest BCUT2D eigenvalue weighted by Crippen LogP contribution is -2.66. The molecule has 2 amide bonds. The number of urea groups is 1. The van der Waals surface area contributed by atoms with Crippen LogP contribution >= 0.6 is 0 Å². The van der Waals surface area contributed by atoms with Crippen LogP contribution in [-0.4, -0.2) is 50.7 Å². The molecule has 4 bridgehead atoms. The highest BCUT2D eigenvalue weighted by Gasteiger charge is 2.64. The molecule has 144 valence electrons. The predicted octanol–water partition coefficient (Wildman–Crippen LogP) is 3.58. The molecule has 2 aliphatic heterocycles. The summed E-state index contributed by atoms with van der Waals surface area (Å²) in [6, 6.07) is 10.9. The van der Waals surface area contributed by atoms with Gasteiger partial charge in [-0.2, -0.15) is 0 Å². The van der Waals surface area contributed by atoms with Crippen molar-refractivity contribution in [1.29, 1.82) is 0 Å². The van der Waals surface area contributed by atoms with E-state index in [1.165, 1.54) is 12.0 Å². The summed E-state index contributed by atoms with van der Waals surface area (Å²) >= 11 is 0. The third-order valence-corrected chi connectivity index (χ3v) is 8.46. The molecule has 1 aromatic carbocycles. The number of hydrogen-bond donors (Lipinski definition) is 1. The van der Waals surface area contributed by atoms with E-state index in [9.17, 15) is 9.90 Å². The SMILES string of the molecule is O=C1N(C23CC4CC(CC(O)(C4)C2)C3)C[C@]2(Cc3ccccc3)CCCN12. The number of hydrogen-bond acceptors (Lipinski definition) is 2. The molecule has 2 unspecified atom stereocenters. The first-order valence-corrected chi connectivity index (χ1v) is 10.9. The lowest BCUT2D eigenvalue weighted by Gasteiger charge is -2.62. The Morgan fingerprint density at radius 3 is 2.48 bits per heavy atom. The minimum Gasteiger partial charge on any atom is -0.390 e. The van der Waals surface area contributed by atoms with E-state index in [1.54, 1.807) is 0 Å². The molecule has 1 N–H and O–H groups in total. The van der Waals surface area contributed by atoms with Gasteiger partial charge in [0.1, 0.15) is 0 Å². The average Bonchev–Trinajstić information content (AvgIpc) is 3.12. The Bertz CT molecular complexity index is 764. The highest BCUT2D eigenvalue weighted by Crippen LogP contribution is 2.61. The highest BCUT2D eigenvalue weighted by atomic mass is 16.3. The van der Waals surface area contributed by atoms with Crippen molar-refractivity contribution in [1.82, 2.24) is 9.80 Å². The van der Waals surface area contributed by atoms with Gasteiger partial charge in [-0.25, -0.2) is 4.79 Å². The number of benzene rings is 1. The fourth-order valence-electron chi connectivity index (χ4n) is 7.98. The van der Waals surface area contributed by atoms with Crippen LogP contribution in [0.25, 0.3) is 0 Å². The molecule has 6 aliphatic rings. The van der Waals surface area contributed by atoms with Gasteiger partial charge >= 0.3 is 6.03 Å². The van der Waals surface area contributed by atoms with Gasteiger partial charge < -0.3 is 14.9 Å². The topological polar surface area (TPSA) is 43.8 Å². The summed E-state index contributed by atoms with van der Waals surface area (Å²) in [6.07, 6.45) is 9.44. The molecule has 6 fully saturated rings. The summed E-state index contributed by atoms with van der Waals surface area (Å²) in [5.41, 5.74) is 0.710. The standard InChI is InChI=1S/C23H30N2O2/c26-20-24-8-4-7-21(24,10-17-5-2-1-3-6-17)16-25(20)22-11-18-9-19(12-22)14-23(27,13-18)15-22/h1-3,5-6,18-19,27H,4,7-16H2/t18?,19?,21-,22?,23?/m1/s1. The summed E-state index contributed by atoms with van der Waals surface area (Å²) in [5, 5.41) is 11.2. The van der Waals surface area contributed by atoms with Crippen molar-refractivity contribution in [3.05, 3.63) is 35.9 Å². The molecule has 4 nitrogen and oxygen atoms in total. The quantitative estimate of drug-likeness (QED) is 0.889. The fraction of sp³-hybridized carbons (Fsp3) is 0.696. The number of fused-ring (bicyclic) bond motifs is 1. The first-order valence-electron chi connectivity index (χ1n) is 10.9. The third kappa shape index (κ3) is 2.28. The minimum atomic E-state index is -0.510. The Morgan fingerprint density at radius 1 is 1.04 bits per heavy atom. The van der Waals surface area contributed by atoms with E-state index < -0.39 is 5.60 Å². The maximum Gasteiger partial charge on any atom is 0.321 e. The van der Waals surface area contributed by atoms with Gasteiger partial charge in [0.2, 0.25) is 0 Å². The van der Waals surface area contributed by atoms with Crippen molar-refractivity contribution in [3.63, 3.8) is 0 Å². The lowest BCUT2D eigenvalue weighted by atomic mass is 9.50. The molecule has 1 aromatic rings. The van der Waals surface area contributed by atoms with Crippen LogP contribution in [0.3, 0.4) is 0 Å². The maximum absolute atomic E-state index is 13.6. The number of carbonyl (C=O) groups is 1. The molecular weight excluding hydrogens is 336 g/mol. The average molecular weight is 367 g/mol. The van der Waals surface area contributed by atoms with Crippen LogP contribution in [0, 0.1) is 11.8 Å². The van der Waals surface area contributed by atoms with Gasteiger partial charge in [0.05, 0.1) is 11.1 Å². The molecule has 2 heterocycles. The van der Waals surface area contributed by atoms with Crippen molar-refractivity contribution in [2.45, 2.75) is 74.5 Å². The Hall–Kier alpha value is -1.55. The molecule has 0 radical (unpaired) electrons. The van der Waals surface area contributed by atoms with E-state index >= 15 is 0 Å². The van der Waals surface area contributed by atoms with Crippen LogP contribution in [0.5, 0.6) is 0 Å². The second-order valence-electron chi connectivity index (χ2n) is 10.4. The summed E-state index contributed by atoms with van der Waals surface area (Å²) < 4.78 is 0. The first kappa shape index (κ1) is 16.4. The monoisotopic (exact) mass is 366 g/mol. The van der Waals surface area contributed by atoms with Crippen LogP contribution in [0.1, 0.15) is 56.9 Å². The molecule has 0 aromatic heterocycles. The first-order chi connectivity index (χ1) is 13.0. The van der Waals surface area contributed by atoms with Crippen LogP contribution in [-0.2, 0) is 6.42 Å². The minimum absolute atomic E-state index is 0.0373. The molecule has 4 saturated carbocycles. The number of aliphatic hydroxyl groups is 1. The third-order valence-electron chi connectivity index (χ3n) is 8.46. The molecule has 27 heavy (non-hydrogen) atoms. The fourth-order valence-corrected chi connectivity index (χ4v) is 7.98. The largest absolute Gasteiger partial charge is 0.390 e. The van der Waals surface area contributed by atoms with Gasteiger partial charge in [-0.1, -0.05) is 30.3 Å². The number of rotatable bonds is 3. The second kappa shape index (κ2) is 5.28. The Labute approximate surface area is 161 Å². The molecular formula is C23H30N2O2. The maximum atomic E-state index is 13.6. The van der Waals surface area contributed by atoms with Crippen molar-refractivity contribution >= 4 is 6.03 Å². The molecule has 4 aliphatic carbocycles. The van der Waals surface area contributed by atoms with Gasteiger partial charge in [-0.3, -0.25) is 0 Å². The van der Waals surface area contributed by atoms with Crippen molar-refractivity contribution < 1.29 is 9.90 Å². The zero-order chi connectivity index (χ0) is 18.3. The molecule has 7 rings (SSSR count). The van der Waals surface area contributed by atoms with Crippen molar-refractivity contribution in [2.75, 3.05) is 13.1 Å². The number of carbonyl (C=O) groups excluding carboxylic acids is 1. The van der Waals surface area contributed by atoms with E-state index in [0.29, 0.717) is 11.8 Å². The van der Waals surface area contributed by atoms with E-state index in [-0.39, 0.29) is 17.1 Å². The zero-order valence-electron chi connectivity index (χ0n) is 16.1. The van der Waals surface area contributed by atoms with Gasteiger partial charge in [0, 0.05) is 18.6 Å². The van der Waals surface area contributed by atoms with E-state index in [4.69, 9.17) is 0 Å². The predicted molar refractivity (Wildman–Crippen MR) is 103 cm³/mol. The van der Waals surface area contributed by atoms with Gasteiger partial charge in [0.25, 0.3) is 0 Å². The number of nitrogens with zero attached hydrogens (tertiary/aromatic N) is 2. The van der Waals surface area contributed by atoms with Crippen LogP contribution in [0.15, 0.2) is 30.3 Å². The van der Waals surface area contributed by atoms with Crippen molar-refractivity contribution in [2.24, 2.45) is 11.8 Å². The Morgan fingerprint density at radius 2 is 1.78 bits per heavy atom. The zero-order valence-corrected chi connectivity index (χ0v) is 16.1. The Kier molecular flexibility index (Phi) is 3.21. The van der Waals surface area contributed by atoms with Gasteiger partial charge in [-0.15, -0.1) is 0 Å². The second-order valence-corrected chi connectivity index (χ2v) is 10.4. The summed E-state index contributed by atoms with van der Waals surface area (Å²) in [5.74, 6) is 1.23. The van der Waals surface area contributed by atoms with E-state index in [1.807, 2.05) is 0 Å². The number of amides is 2. The van der Waals surface area contributed by atoms with Crippen LogP contribution in [0.2, 0.25) is 0 Å².